The largest absolute Gasteiger partial charge is 0.496 e. The van der Waals surface area contributed by atoms with Gasteiger partial charge in [-0.3, -0.25) is 9.69 Å². The monoisotopic (exact) mass is 353 g/mol. The van der Waals surface area contributed by atoms with Gasteiger partial charge in [-0.25, -0.2) is 0 Å². The van der Waals surface area contributed by atoms with Gasteiger partial charge in [0.1, 0.15) is 5.75 Å². The number of piperazine rings is 1. The average Bonchev–Trinajstić information content (AvgIpc) is 2.63. The molecule has 134 valence electrons. The summed E-state index contributed by atoms with van der Waals surface area (Å²) >= 11 is 0. The van der Waals surface area contributed by atoms with E-state index in [9.17, 15) is 4.79 Å². The Morgan fingerprint density at radius 1 is 1.21 bits per heavy atom. The number of likely N-dealkylation sites (tertiary alicyclic amines) is 1. The van der Waals surface area contributed by atoms with Crippen LogP contribution >= 0.6 is 12.4 Å². The number of ether oxygens (including phenoxy) is 1. The van der Waals surface area contributed by atoms with Crippen LogP contribution in [0.2, 0.25) is 0 Å². The molecule has 2 aliphatic heterocycles. The SMILES string of the molecule is COc1ccccc1C1CNCCN1CC(=O)N1CCCCC1.Cl. The topological polar surface area (TPSA) is 44.8 Å². The quantitative estimate of drug-likeness (QED) is 0.900. The predicted molar refractivity (Wildman–Crippen MR) is 97.9 cm³/mol. The first-order chi connectivity index (χ1) is 11.3. The van der Waals surface area contributed by atoms with Crippen LogP contribution in [-0.4, -0.2) is 62.1 Å². The number of halogens is 1. The molecule has 0 saturated carbocycles. The van der Waals surface area contributed by atoms with E-state index >= 15 is 0 Å². The van der Waals surface area contributed by atoms with Crippen LogP contribution in [0.1, 0.15) is 30.9 Å². The highest BCUT2D eigenvalue weighted by Gasteiger charge is 2.29. The molecule has 1 aromatic carbocycles. The van der Waals surface area contributed by atoms with Crippen LogP contribution in [0.5, 0.6) is 5.75 Å². The Labute approximate surface area is 150 Å². The molecule has 0 spiro atoms. The molecule has 1 unspecified atom stereocenters. The van der Waals surface area contributed by atoms with Crippen molar-refractivity contribution in [3.05, 3.63) is 29.8 Å². The van der Waals surface area contributed by atoms with Crippen molar-refractivity contribution in [2.24, 2.45) is 0 Å². The fourth-order valence-corrected chi connectivity index (χ4v) is 3.60. The zero-order valence-electron chi connectivity index (χ0n) is 14.4. The summed E-state index contributed by atoms with van der Waals surface area (Å²) < 4.78 is 5.52. The summed E-state index contributed by atoms with van der Waals surface area (Å²) in [6.07, 6.45) is 3.54. The second-order valence-corrected chi connectivity index (χ2v) is 6.37. The van der Waals surface area contributed by atoms with Crippen LogP contribution in [0.3, 0.4) is 0 Å². The first kappa shape index (κ1) is 19.0. The van der Waals surface area contributed by atoms with E-state index in [1.807, 2.05) is 23.1 Å². The van der Waals surface area contributed by atoms with Gasteiger partial charge in [0.2, 0.25) is 5.91 Å². The third-order valence-electron chi connectivity index (χ3n) is 4.90. The molecular weight excluding hydrogens is 326 g/mol. The molecule has 0 radical (unpaired) electrons. The second-order valence-electron chi connectivity index (χ2n) is 6.37. The number of rotatable bonds is 4. The zero-order valence-corrected chi connectivity index (χ0v) is 15.2. The minimum Gasteiger partial charge on any atom is -0.496 e. The third-order valence-corrected chi connectivity index (χ3v) is 4.90. The van der Waals surface area contributed by atoms with Crippen LogP contribution in [0.15, 0.2) is 24.3 Å². The fourth-order valence-electron chi connectivity index (χ4n) is 3.60. The fraction of sp³-hybridized carbons (Fsp3) is 0.611. The van der Waals surface area contributed by atoms with E-state index in [0.29, 0.717) is 6.54 Å². The Morgan fingerprint density at radius 3 is 2.71 bits per heavy atom. The van der Waals surface area contributed by atoms with Crippen molar-refractivity contribution in [1.82, 2.24) is 15.1 Å². The lowest BCUT2D eigenvalue weighted by molar-refractivity contribution is -0.134. The number of nitrogens with zero attached hydrogens (tertiary/aromatic N) is 2. The van der Waals surface area contributed by atoms with Gasteiger partial charge in [-0.1, -0.05) is 18.2 Å². The normalized spacial score (nSPS) is 21.9. The zero-order chi connectivity index (χ0) is 16.1. The van der Waals surface area contributed by atoms with Gasteiger partial charge in [0.25, 0.3) is 0 Å². The van der Waals surface area contributed by atoms with E-state index in [1.165, 1.54) is 6.42 Å². The van der Waals surface area contributed by atoms with Crippen LogP contribution in [-0.2, 0) is 4.79 Å². The van der Waals surface area contributed by atoms with Gasteiger partial charge in [0.05, 0.1) is 19.7 Å². The first-order valence-corrected chi connectivity index (χ1v) is 8.65. The van der Waals surface area contributed by atoms with Gasteiger partial charge in [0, 0.05) is 38.3 Å². The molecule has 5 nitrogen and oxygen atoms in total. The minimum atomic E-state index is 0. The molecule has 1 N–H and O–H groups in total. The number of benzene rings is 1. The Kier molecular flexibility index (Phi) is 7.34. The van der Waals surface area contributed by atoms with Crippen LogP contribution in [0, 0.1) is 0 Å². The molecule has 0 aliphatic carbocycles. The first-order valence-electron chi connectivity index (χ1n) is 8.65. The standard InChI is InChI=1S/C18H27N3O2.ClH/c1-23-17-8-4-3-7-15(17)16-13-19-9-12-21(16)14-18(22)20-10-5-2-6-11-20;/h3-4,7-8,16,19H,2,5-6,9-14H2,1H3;1H. The summed E-state index contributed by atoms with van der Waals surface area (Å²) in [5.41, 5.74) is 1.16. The number of carbonyl (C=O) groups is 1. The molecule has 24 heavy (non-hydrogen) atoms. The summed E-state index contributed by atoms with van der Waals surface area (Å²) in [7, 11) is 1.71. The van der Waals surface area contributed by atoms with Crippen molar-refractivity contribution >= 4 is 18.3 Å². The van der Waals surface area contributed by atoms with E-state index in [4.69, 9.17) is 4.74 Å². The molecule has 2 aliphatic rings. The van der Waals surface area contributed by atoms with Crippen molar-refractivity contribution in [2.75, 3.05) is 46.4 Å². The molecule has 0 aromatic heterocycles. The van der Waals surface area contributed by atoms with Gasteiger partial charge in [-0.2, -0.15) is 0 Å². The molecule has 2 fully saturated rings. The van der Waals surface area contributed by atoms with E-state index in [-0.39, 0.29) is 24.4 Å². The van der Waals surface area contributed by atoms with E-state index in [0.717, 1.165) is 56.9 Å². The van der Waals surface area contributed by atoms with Gasteiger partial charge >= 0.3 is 0 Å². The Morgan fingerprint density at radius 2 is 1.96 bits per heavy atom. The smallest absolute Gasteiger partial charge is 0.236 e. The lowest BCUT2D eigenvalue weighted by atomic mass is 10.0. The molecule has 3 rings (SSSR count). The maximum Gasteiger partial charge on any atom is 0.236 e. The second kappa shape index (κ2) is 9.25. The molecule has 2 heterocycles. The summed E-state index contributed by atoms with van der Waals surface area (Å²) in [6.45, 7) is 5.02. The molecule has 2 saturated heterocycles. The molecular formula is C18H28ClN3O2. The number of nitrogens with one attached hydrogen (secondary N) is 1. The van der Waals surface area contributed by atoms with Crippen molar-refractivity contribution in [1.29, 1.82) is 0 Å². The summed E-state index contributed by atoms with van der Waals surface area (Å²) in [5, 5.41) is 3.45. The number of para-hydroxylation sites is 1. The Bertz CT molecular complexity index is 535. The van der Waals surface area contributed by atoms with Crippen LogP contribution in [0.25, 0.3) is 0 Å². The van der Waals surface area contributed by atoms with Crippen molar-refractivity contribution < 1.29 is 9.53 Å². The average molecular weight is 354 g/mol. The Balaban J connectivity index is 0.00000208. The van der Waals surface area contributed by atoms with Gasteiger partial charge in [-0.15, -0.1) is 12.4 Å². The number of amides is 1. The minimum absolute atomic E-state index is 0. The van der Waals surface area contributed by atoms with E-state index in [2.05, 4.69) is 16.3 Å². The van der Waals surface area contributed by atoms with Gasteiger partial charge in [0.15, 0.2) is 0 Å². The van der Waals surface area contributed by atoms with Crippen LogP contribution in [0.4, 0.5) is 0 Å². The van der Waals surface area contributed by atoms with Crippen molar-refractivity contribution in [3.8, 4) is 5.75 Å². The maximum absolute atomic E-state index is 12.6. The number of carbonyl (C=O) groups excluding carboxylic acids is 1. The lowest BCUT2D eigenvalue weighted by Crippen LogP contribution is -2.50. The van der Waals surface area contributed by atoms with E-state index in [1.54, 1.807) is 7.11 Å². The summed E-state index contributed by atoms with van der Waals surface area (Å²) in [5.74, 6) is 1.17. The summed E-state index contributed by atoms with van der Waals surface area (Å²) in [4.78, 5) is 17.0. The van der Waals surface area contributed by atoms with E-state index < -0.39 is 0 Å². The highest BCUT2D eigenvalue weighted by molar-refractivity contribution is 5.85. The number of methoxy groups -OCH3 is 1. The molecule has 1 aromatic rings. The van der Waals surface area contributed by atoms with Crippen LogP contribution < -0.4 is 10.1 Å². The molecule has 6 heteroatoms. The number of hydrogen-bond donors (Lipinski definition) is 1. The highest BCUT2D eigenvalue weighted by atomic mass is 35.5. The van der Waals surface area contributed by atoms with Crippen molar-refractivity contribution in [3.63, 3.8) is 0 Å². The summed E-state index contributed by atoms with van der Waals surface area (Å²) in [6, 6.07) is 8.32. The molecule has 0 bridgehead atoms. The third kappa shape index (κ3) is 4.41. The maximum atomic E-state index is 12.6. The predicted octanol–water partition coefficient (Wildman–Crippen LogP) is 2.08. The number of hydrogen-bond acceptors (Lipinski definition) is 4. The van der Waals surface area contributed by atoms with Gasteiger partial charge in [-0.05, 0) is 25.3 Å². The molecule has 1 amide bonds. The lowest BCUT2D eigenvalue weighted by Gasteiger charge is -2.38. The molecule has 1 atom stereocenters. The van der Waals surface area contributed by atoms with Crippen molar-refractivity contribution in [2.45, 2.75) is 25.3 Å². The Hall–Kier alpha value is -1.30. The van der Waals surface area contributed by atoms with Gasteiger partial charge < -0.3 is 15.0 Å². The number of piperidine rings is 1. The highest BCUT2D eigenvalue weighted by Crippen LogP contribution is 2.30.